The van der Waals surface area contributed by atoms with Crippen LogP contribution in [0.25, 0.3) is 0 Å². The molecule has 192 valence electrons. The van der Waals surface area contributed by atoms with E-state index in [0.717, 1.165) is 83.0 Å². The Morgan fingerprint density at radius 2 is 1.12 bits per heavy atom. The first kappa shape index (κ1) is 26.6. The molecule has 0 bridgehead atoms. The summed E-state index contributed by atoms with van der Waals surface area (Å²) in [6.45, 7) is 2.25. The number of alkyl halides is 4. The Bertz CT molecular complexity index is 569. The Balaban J connectivity index is 1.19. The lowest BCUT2D eigenvalue weighted by molar-refractivity contribution is -0.0372. The van der Waals surface area contributed by atoms with E-state index in [-0.39, 0.29) is 17.8 Å². The van der Waals surface area contributed by atoms with Crippen LogP contribution in [0, 0.1) is 41.4 Å². The summed E-state index contributed by atoms with van der Waals surface area (Å²) in [5.74, 6) is 2.49. The van der Waals surface area contributed by atoms with E-state index in [1.165, 1.54) is 32.1 Å². The molecule has 0 N–H and O–H groups in total. The fourth-order valence-corrected chi connectivity index (χ4v) is 9.14. The Kier molecular flexibility index (Phi) is 10.2. The molecule has 33 heavy (non-hydrogen) atoms. The maximum Gasteiger partial charge on any atom is 0.134 e. The first-order chi connectivity index (χ1) is 16.0. The second-order valence-corrected chi connectivity index (χ2v) is 14.2. The van der Waals surface area contributed by atoms with Gasteiger partial charge in [0.1, 0.15) is 18.5 Å². The van der Waals surface area contributed by atoms with Crippen LogP contribution >= 0.6 is 22.6 Å². The fraction of sp³-hybridized carbons (Fsp3) is 1.00. The zero-order chi connectivity index (χ0) is 23.4. The van der Waals surface area contributed by atoms with Gasteiger partial charge in [-0.25, -0.2) is 13.2 Å². The second-order valence-electron chi connectivity index (χ2n) is 12.4. The average Bonchev–Trinajstić information content (AvgIpc) is 2.82. The molecule has 0 radical (unpaired) electrons. The van der Waals surface area contributed by atoms with Gasteiger partial charge in [0.05, 0.1) is 0 Å². The molecule has 4 aliphatic rings. The molecule has 0 spiro atoms. The van der Waals surface area contributed by atoms with Crippen molar-refractivity contribution in [1.29, 1.82) is 0 Å². The molecule has 0 nitrogen and oxygen atoms in total. The Hall–Kier alpha value is 0.520. The van der Waals surface area contributed by atoms with E-state index in [1.54, 1.807) is 0 Å². The van der Waals surface area contributed by atoms with Gasteiger partial charge in [0.25, 0.3) is 0 Å². The van der Waals surface area contributed by atoms with Gasteiger partial charge in [0.15, 0.2) is 0 Å². The zero-order valence-electron chi connectivity index (χ0n) is 20.9. The van der Waals surface area contributed by atoms with Gasteiger partial charge in [0, 0.05) is 3.92 Å². The maximum absolute atomic E-state index is 15.4. The molecule has 0 saturated heterocycles. The van der Waals surface area contributed by atoms with Crippen LogP contribution in [0.1, 0.15) is 116 Å². The smallest absolute Gasteiger partial charge is 0.134 e. The van der Waals surface area contributed by atoms with Gasteiger partial charge < -0.3 is 0 Å². The van der Waals surface area contributed by atoms with E-state index in [9.17, 15) is 4.39 Å². The molecule has 4 rings (SSSR count). The van der Waals surface area contributed by atoms with Crippen LogP contribution < -0.4 is 0 Å². The van der Waals surface area contributed by atoms with E-state index in [1.807, 2.05) is 0 Å². The summed E-state index contributed by atoms with van der Waals surface area (Å²) in [7, 11) is 0. The summed E-state index contributed by atoms with van der Waals surface area (Å²) < 4.78 is 45.6. The SMILES string of the molecule is CCCC1CCC(C2CCC(C3CCC(CCC4CCC(I)CC4F)CC3)C(F)C2F)CC1. The normalized spacial score (nSPS) is 47.4. The van der Waals surface area contributed by atoms with Crippen molar-refractivity contribution >= 4 is 22.6 Å². The third-order valence-corrected chi connectivity index (χ3v) is 11.6. The molecule has 7 unspecified atom stereocenters. The highest BCUT2D eigenvalue weighted by Crippen LogP contribution is 2.49. The van der Waals surface area contributed by atoms with Crippen LogP contribution in [0.15, 0.2) is 0 Å². The minimum absolute atomic E-state index is 0.0264. The van der Waals surface area contributed by atoms with E-state index in [0.29, 0.717) is 21.7 Å². The van der Waals surface area contributed by atoms with Crippen LogP contribution in [-0.4, -0.2) is 22.4 Å². The number of halogens is 4. The van der Waals surface area contributed by atoms with Crippen LogP contribution in [-0.2, 0) is 0 Å². The lowest BCUT2D eigenvalue weighted by Gasteiger charge is -2.45. The molecule has 4 fully saturated rings. The van der Waals surface area contributed by atoms with Gasteiger partial charge in [-0.1, -0.05) is 74.5 Å². The number of hydrogen-bond donors (Lipinski definition) is 0. The predicted octanol–water partition coefficient (Wildman–Crippen LogP) is 9.82. The molecule has 4 heteroatoms. The highest BCUT2D eigenvalue weighted by Gasteiger charge is 2.46. The van der Waals surface area contributed by atoms with Gasteiger partial charge in [-0.2, -0.15) is 0 Å². The highest BCUT2D eigenvalue weighted by atomic mass is 127. The minimum Gasteiger partial charge on any atom is -0.247 e. The second kappa shape index (κ2) is 12.7. The lowest BCUT2D eigenvalue weighted by atomic mass is 9.63. The van der Waals surface area contributed by atoms with Crippen molar-refractivity contribution in [2.75, 3.05) is 0 Å². The molecule has 0 aromatic rings. The van der Waals surface area contributed by atoms with Crippen LogP contribution in [0.2, 0.25) is 0 Å². The van der Waals surface area contributed by atoms with Crippen molar-refractivity contribution < 1.29 is 13.2 Å². The summed E-state index contributed by atoms with van der Waals surface area (Å²) in [6, 6.07) is 0. The van der Waals surface area contributed by atoms with Crippen molar-refractivity contribution in [3.63, 3.8) is 0 Å². The standard InChI is InChI=1S/C29H48F3I/c1-2-3-19-4-9-21(10-5-19)25-16-17-26(29(32)28(25)31)22-11-6-20(7-12-22)8-13-23-14-15-24(33)18-27(23)30/h19-29H,2-18H2,1H3. The van der Waals surface area contributed by atoms with Crippen molar-refractivity contribution in [2.45, 2.75) is 139 Å². The van der Waals surface area contributed by atoms with Gasteiger partial charge in [-0.05, 0) is 106 Å². The monoisotopic (exact) mass is 580 g/mol. The molecule has 0 aromatic carbocycles. The third-order valence-electron chi connectivity index (χ3n) is 10.4. The van der Waals surface area contributed by atoms with Gasteiger partial charge in [-0.15, -0.1) is 0 Å². The van der Waals surface area contributed by atoms with Crippen molar-refractivity contribution in [1.82, 2.24) is 0 Å². The first-order valence-corrected chi connectivity index (χ1v) is 15.8. The summed E-state index contributed by atoms with van der Waals surface area (Å²) in [5.41, 5.74) is 0. The fourth-order valence-electron chi connectivity index (χ4n) is 8.29. The number of rotatable bonds is 7. The molecule has 0 aromatic heterocycles. The van der Waals surface area contributed by atoms with Gasteiger partial charge in [0.2, 0.25) is 0 Å². The Morgan fingerprint density at radius 1 is 0.606 bits per heavy atom. The molecular formula is C29H48F3I. The molecule has 4 aliphatic carbocycles. The average molecular weight is 581 g/mol. The summed E-state index contributed by atoms with van der Waals surface area (Å²) >= 11 is 2.40. The lowest BCUT2D eigenvalue weighted by Crippen LogP contribution is -2.45. The van der Waals surface area contributed by atoms with Gasteiger partial charge >= 0.3 is 0 Å². The van der Waals surface area contributed by atoms with Crippen LogP contribution in [0.4, 0.5) is 13.2 Å². The summed E-state index contributed by atoms with van der Waals surface area (Å²) in [6.07, 6.45) is 15.5. The molecule has 0 aliphatic heterocycles. The molecule has 0 amide bonds. The van der Waals surface area contributed by atoms with Crippen LogP contribution in [0.5, 0.6) is 0 Å². The summed E-state index contributed by atoms with van der Waals surface area (Å²) in [5, 5.41) is 0. The quantitative estimate of drug-likeness (QED) is 0.208. The zero-order valence-corrected chi connectivity index (χ0v) is 23.0. The topological polar surface area (TPSA) is 0 Å². The van der Waals surface area contributed by atoms with Crippen molar-refractivity contribution in [3.05, 3.63) is 0 Å². The van der Waals surface area contributed by atoms with E-state index in [4.69, 9.17) is 0 Å². The van der Waals surface area contributed by atoms with Crippen molar-refractivity contribution in [2.24, 2.45) is 41.4 Å². The summed E-state index contributed by atoms with van der Waals surface area (Å²) in [4.78, 5) is 0. The molecule has 0 heterocycles. The first-order valence-electron chi connectivity index (χ1n) is 14.5. The minimum atomic E-state index is -1.24. The largest absolute Gasteiger partial charge is 0.247 e. The Labute approximate surface area is 215 Å². The molecule has 4 saturated carbocycles. The molecular weight excluding hydrogens is 532 g/mol. The van der Waals surface area contributed by atoms with E-state index >= 15 is 8.78 Å². The third kappa shape index (κ3) is 6.85. The van der Waals surface area contributed by atoms with E-state index < -0.39 is 18.5 Å². The van der Waals surface area contributed by atoms with Crippen LogP contribution in [0.3, 0.4) is 0 Å². The maximum atomic E-state index is 15.4. The Morgan fingerprint density at radius 3 is 1.61 bits per heavy atom. The number of hydrogen-bond acceptors (Lipinski definition) is 0. The van der Waals surface area contributed by atoms with Gasteiger partial charge in [-0.3, -0.25) is 0 Å². The highest BCUT2D eigenvalue weighted by molar-refractivity contribution is 14.1. The van der Waals surface area contributed by atoms with Crippen molar-refractivity contribution in [3.8, 4) is 0 Å². The van der Waals surface area contributed by atoms with E-state index in [2.05, 4.69) is 29.5 Å². The molecule has 7 atom stereocenters. The predicted molar refractivity (Wildman–Crippen MR) is 141 cm³/mol.